The quantitative estimate of drug-likeness (QED) is 0.684. The highest BCUT2D eigenvalue weighted by Crippen LogP contribution is 2.27. The fourth-order valence-corrected chi connectivity index (χ4v) is 3.67. The molecular weight excluding hydrogens is 350 g/mol. The Bertz CT molecular complexity index is 942. The Labute approximate surface area is 165 Å². The molecule has 0 atom stereocenters. The van der Waals surface area contributed by atoms with Gasteiger partial charge in [0.25, 0.3) is 0 Å². The van der Waals surface area contributed by atoms with Crippen molar-refractivity contribution in [2.75, 3.05) is 13.1 Å². The van der Waals surface area contributed by atoms with Crippen molar-refractivity contribution in [3.63, 3.8) is 0 Å². The average Bonchev–Trinajstić information content (AvgIpc) is 3.07. The molecule has 1 aliphatic rings. The highest BCUT2D eigenvalue weighted by molar-refractivity contribution is 5.71. The molecule has 1 N–H and O–H groups in total. The summed E-state index contributed by atoms with van der Waals surface area (Å²) in [4.78, 5) is 13.3. The maximum absolute atomic E-state index is 11.1. The van der Waals surface area contributed by atoms with E-state index < -0.39 is 5.97 Å². The van der Waals surface area contributed by atoms with Crippen LogP contribution >= 0.6 is 0 Å². The SMILES string of the molecule is CCc1ccc(-c2nn(Cc3ccccc3)cc2CN2CC(C(=O)O)C2)cc1. The van der Waals surface area contributed by atoms with Crippen LogP contribution in [0.1, 0.15) is 23.6 Å². The van der Waals surface area contributed by atoms with Crippen LogP contribution in [0.15, 0.2) is 60.8 Å². The lowest BCUT2D eigenvalue weighted by atomic mass is 9.98. The van der Waals surface area contributed by atoms with Gasteiger partial charge in [-0.25, -0.2) is 0 Å². The van der Waals surface area contributed by atoms with E-state index in [2.05, 4.69) is 54.4 Å². The number of nitrogens with zero attached hydrogens (tertiary/aromatic N) is 3. The molecule has 0 amide bonds. The van der Waals surface area contributed by atoms with Gasteiger partial charge in [0.2, 0.25) is 0 Å². The average molecular weight is 375 g/mol. The Kier molecular flexibility index (Phi) is 5.26. The number of carboxylic acids is 1. The van der Waals surface area contributed by atoms with Gasteiger partial charge in [0.15, 0.2) is 0 Å². The van der Waals surface area contributed by atoms with Crippen LogP contribution in [0.25, 0.3) is 11.3 Å². The van der Waals surface area contributed by atoms with Gasteiger partial charge in [0, 0.05) is 37.0 Å². The second-order valence-corrected chi connectivity index (χ2v) is 7.47. The molecule has 5 heteroatoms. The molecule has 5 nitrogen and oxygen atoms in total. The van der Waals surface area contributed by atoms with Crippen LogP contribution in [0.2, 0.25) is 0 Å². The highest BCUT2D eigenvalue weighted by atomic mass is 16.4. The minimum Gasteiger partial charge on any atom is -0.481 e. The van der Waals surface area contributed by atoms with Crippen molar-refractivity contribution in [1.29, 1.82) is 0 Å². The van der Waals surface area contributed by atoms with Gasteiger partial charge in [-0.05, 0) is 17.5 Å². The molecule has 0 saturated carbocycles. The van der Waals surface area contributed by atoms with Crippen molar-refractivity contribution in [3.8, 4) is 11.3 Å². The molecule has 0 aliphatic carbocycles. The molecule has 1 saturated heterocycles. The second kappa shape index (κ2) is 7.98. The number of aromatic nitrogens is 2. The van der Waals surface area contributed by atoms with Gasteiger partial charge >= 0.3 is 5.97 Å². The van der Waals surface area contributed by atoms with E-state index in [4.69, 9.17) is 10.2 Å². The normalized spacial score (nSPS) is 14.8. The number of aryl methyl sites for hydroxylation is 1. The van der Waals surface area contributed by atoms with Crippen LogP contribution in [-0.4, -0.2) is 38.8 Å². The smallest absolute Gasteiger partial charge is 0.309 e. The molecular formula is C23H25N3O2. The number of hydrogen-bond donors (Lipinski definition) is 1. The largest absolute Gasteiger partial charge is 0.481 e. The van der Waals surface area contributed by atoms with Crippen molar-refractivity contribution >= 4 is 5.97 Å². The highest BCUT2D eigenvalue weighted by Gasteiger charge is 2.33. The van der Waals surface area contributed by atoms with Gasteiger partial charge in [0.1, 0.15) is 0 Å². The van der Waals surface area contributed by atoms with Crippen LogP contribution in [0.3, 0.4) is 0 Å². The zero-order chi connectivity index (χ0) is 19.5. The zero-order valence-corrected chi connectivity index (χ0v) is 16.1. The molecule has 1 aliphatic heterocycles. The summed E-state index contributed by atoms with van der Waals surface area (Å²) < 4.78 is 1.99. The Morgan fingerprint density at radius 2 is 1.75 bits per heavy atom. The van der Waals surface area contributed by atoms with Crippen molar-refractivity contribution < 1.29 is 9.90 Å². The third kappa shape index (κ3) is 3.99. The zero-order valence-electron chi connectivity index (χ0n) is 16.1. The van der Waals surface area contributed by atoms with E-state index in [1.54, 1.807) is 0 Å². The fourth-order valence-electron chi connectivity index (χ4n) is 3.67. The topological polar surface area (TPSA) is 58.4 Å². The molecule has 3 aromatic rings. The van der Waals surface area contributed by atoms with Crippen LogP contribution in [0.5, 0.6) is 0 Å². The van der Waals surface area contributed by atoms with E-state index in [1.807, 2.05) is 22.9 Å². The standard InChI is InChI=1S/C23H25N3O2/c1-2-17-8-10-19(11-9-17)22-20(13-25-14-21(15-25)23(27)28)16-26(24-22)12-18-6-4-3-5-7-18/h3-11,16,21H,2,12-15H2,1H3,(H,27,28). The predicted molar refractivity (Wildman–Crippen MR) is 109 cm³/mol. The maximum Gasteiger partial charge on any atom is 0.309 e. The molecule has 28 heavy (non-hydrogen) atoms. The Morgan fingerprint density at radius 1 is 1.04 bits per heavy atom. The third-order valence-electron chi connectivity index (χ3n) is 5.36. The van der Waals surface area contributed by atoms with E-state index in [0.29, 0.717) is 13.1 Å². The summed E-state index contributed by atoms with van der Waals surface area (Å²) in [7, 11) is 0. The van der Waals surface area contributed by atoms with Crippen LogP contribution in [-0.2, 0) is 24.3 Å². The van der Waals surface area contributed by atoms with Crippen molar-refractivity contribution in [1.82, 2.24) is 14.7 Å². The molecule has 1 fully saturated rings. The van der Waals surface area contributed by atoms with E-state index in [-0.39, 0.29) is 5.92 Å². The number of likely N-dealkylation sites (tertiary alicyclic amines) is 1. The summed E-state index contributed by atoms with van der Waals surface area (Å²) in [6.45, 7) is 4.81. The number of aliphatic carboxylic acids is 1. The summed E-state index contributed by atoms with van der Waals surface area (Å²) in [5, 5.41) is 14.0. The van der Waals surface area contributed by atoms with E-state index in [1.165, 1.54) is 11.1 Å². The van der Waals surface area contributed by atoms with Gasteiger partial charge in [-0.3, -0.25) is 14.4 Å². The summed E-state index contributed by atoms with van der Waals surface area (Å²) in [6.07, 6.45) is 3.12. The first-order valence-electron chi connectivity index (χ1n) is 9.77. The molecule has 2 heterocycles. The lowest BCUT2D eigenvalue weighted by Gasteiger charge is -2.36. The Hall–Kier alpha value is -2.92. The molecule has 0 radical (unpaired) electrons. The molecule has 2 aromatic carbocycles. The Morgan fingerprint density at radius 3 is 2.39 bits per heavy atom. The van der Waals surface area contributed by atoms with Gasteiger partial charge in [-0.2, -0.15) is 5.10 Å². The van der Waals surface area contributed by atoms with Crippen molar-refractivity contribution in [2.24, 2.45) is 5.92 Å². The lowest BCUT2D eigenvalue weighted by molar-refractivity contribution is -0.147. The van der Waals surface area contributed by atoms with Gasteiger partial charge in [0.05, 0.1) is 18.2 Å². The van der Waals surface area contributed by atoms with Gasteiger partial charge < -0.3 is 5.11 Å². The van der Waals surface area contributed by atoms with E-state index >= 15 is 0 Å². The van der Waals surface area contributed by atoms with Crippen LogP contribution in [0.4, 0.5) is 0 Å². The number of carbonyl (C=O) groups is 1. The van der Waals surface area contributed by atoms with Crippen LogP contribution in [0, 0.1) is 5.92 Å². The molecule has 1 aromatic heterocycles. The molecule has 4 rings (SSSR count). The first-order chi connectivity index (χ1) is 13.6. The number of hydrogen-bond acceptors (Lipinski definition) is 3. The summed E-state index contributed by atoms with van der Waals surface area (Å²) >= 11 is 0. The first-order valence-corrected chi connectivity index (χ1v) is 9.77. The van der Waals surface area contributed by atoms with Gasteiger partial charge in [-0.15, -0.1) is 0 Å². The Balaban J connectivity index is 1.59. The minimum atomic E-state index is -0.702. The first kappa shape index (κ1) is 18.4. The van der Waals surface area contributed by atoms with Gasteiger partial charge in [-0.1, -0.05) is 61.5 Å². The molecule has 0 unspecified atom stereocenters. The molecule has 144 valence electrons. The van der Waals surface area contributed by atoms with Crippen LogP contribution < -0.4 is 0 Å². The summed E-state index contributed by atoms with van der Waals surface area (Å²) in [5.41, 5.74) is 5.75. The molecule has 0 bridgehead atoms. The minimum absolute atomic E-state index is 0.244. The predicted octanol–water partition coefficient (Wildman–Crippen LogP) is 3.68. The fraction of sp³-hybridized carbons (Fsp3) is 0.304. The number of benzene rings is 2. The van der Waals surface area contributed by atoms with Crippen molar-refractivity contribution in [3.05, 3.63) is 77.5 Å². The van der Waals surface area contributed by atoms with E-state index in [0.717, 1.165) is 36.3 Å². The van der Waals surface area contributed by atoms with Crippen molar-refractivity contribution in [2.45, 2.75) is 26.4 Å². The molecule has 0 spiro atoms. The summed E-state index contributed by atoms with van der Waals surface area (Å²) in [6, 6.07) is 18.9. The monoisotopic (exact) mass is 375 g/mol. The van der Waals surface area contributed by atoms with E-state index in [9.17, 15) is 4.79 Å². The summed E-state index contributed by atoms with van der Waals surface area (Å²) in [5.74, 6) is -0.946. The number of carboxylic acid groups (broad SMARTS) is 1. The third-order valence-corrected chi connectivity index (χ3v) is 5.36. The number of rotatable bonds is 7. The lowest BCUT2D eigenvalue weighted by Crippen LogP contribution is -2.49. The second-order valence-electron chi connectivity index (χ2n) is 7.47. The maximum atomic E-state index is 11.1.